The fourth-order valence-corrected chi connectivity index (χ4v) is 3.51. The Morgan fingerprint density at radius 1 is 1.18 bits per heavy atom. The van der Waals surface area contributed by atoms with Crippen LogP contribution in [0.3, 0.4) is 0 Å². The number of amides is 1. The van der Waals surface area contributed by atoms with Crippen molar-refractivity contribution < 1.29 is 37.0 Å². The molecule has 2 heterocycles. The molecule has 2 aromatic rings. The zero-order valence-electron chi connectivity index (χ0n) is 18.1. The summed E-state index contributed by atoms with van der Waals surface area (Å²) < 4.78 is 53.0. The maximum absolute atomic E-state index is 14.1. The Kier molecular flexibility index (Phi) is 9.86. The molecule has 33 heavy (non-hydrogen) atoms. The predicted octanol–water partition coefficient (Wildman–Crippen LogP) is 3.05. The van der Waals surface area contributed by atoms with Crippen molar-refractivity contribution in [2.45, 2.75) is 32.2 Å². The van der Waals surface area contributed by atoms with Gasteiger partial charge in [0.05, 0.1) is 6.61 Å². The number of hydrogen-bond donors (Lipinski definition) is 2. The molecule has 1 atom stereocenters. The van der Waals surface area contributed by atoms with Crippen LogP contribution < -0.4 is 5.32 Å². The smallest absolute Gasteiger partial charge is 0.475 e. The van der Waals surface area contributed by atoms with E-state index in [0.29, 0.717) is 31.7 Å². The summed E-state index contributed by atoms with van der Waals surface area (Å²) in [6, 6.07) is 11.0. The highest BCUT2D eigenvalue weighted by Crippen LogP contribution is 2.22. The summed E-state index contributed by atoms with van der Waals surface area (Å²) in [5, 5.41) is 10.0. The van der Waals surface area contributed by atoms with Gasteiger partial charge in [-0.3, -0.25) is 9.69 Å². The van der Waals surface area contributed by atoms with Gasteiger partial charge >= 0.3 is 12.1 Å². The maximum Gasteiger partial charge on any atom is 0.490 e. The first-order valence-corrected chi connectivity index (χ1v) is 10.3. The van der Waals surface area contributed by atoms with Crippen molar-refractivity contribution in [1.29, 1.82) is 0 Å². The van der Waals surface area contributed by atoms with Crippen LogP contribution in [0.25, 0.3) is 0 Å². The molecule has 11 heteroatoms. The summed E-state index contributed by atoms with van der Waals surface area (Å²) in [5.74, 6) is -2.72. The Bertz CT molecular complexity index is 917. The van der Waals surface area contributed by atoms with Gasteiger partial charge in [-0.1, -0.05) is 18.2 Å². The average molecular weight is 473 g/mol. The normalized spacial score (nSPS) is 16.2. The number of carboxylic acid groups (broad SMARTS) is 1. The van der Waals surface area contributed by atoms with Crippen molar-refractivity contribution in [1.82, 2.24) is 14.8 Å². The van der Waals surface area contributed by atoms with Gasteiger partial charge in [-0.25, -0.2) is 9.18 Å². The SMILES string of the molecule is COCCNC(=O)CC1CN(Cc2ccccc2F)Cc2cccn2C1.O=C(O)C(F)(F)F. The molecule has 0 saturated heterocycles. The Morgan fingerprint density at radius 3 is 2.52 bits per heavy atom. The fraction of sp³-hybridized carbons (Fsp3) is 0.455. The van der Waals surface area contributed by atoms with Gasteiger partial charge in [-0.15, -0.1) is 0 Å². The summed E-state index contributed by atoms with van der Waals surface area (Å²) in [5.41, 5.74) is 1.89. The first kappa shape index (κ1) is 26.3. The topological polar surface area (TPSA) is 83.8 Å². The molecule has 1 aliphatic rings. The van der Waals surface area contributed by atoms with E-state index in [1.807, 2.05) is 18.2 Å². The number of methoxy groups -OCH3 is 1. The van der Waals surface area contributed by atoms with Crippen LogP contribution in [0.15, 0.2) is 42.6 Å². The number of aliphatic carboxylic acids is 1. The summed E-state index contributed by atoms with van der Waals surface area (Å²) >= 11 is 0. The lowest BCUT2D eigenvalue weighted by atomic mass is 10.0. The standard InChI is InChI=1S/C20H26FN3O2.C2HF3O2/c1-26-10-8-22-20(25)11-16-12-23(14-17-5-2-3-7-19(17)21)15-18-6-4-9-24(18)13-16;3-2(4,5)1(6)7/h2-7,9,16H,8,10-15H2,1H3,(H,22,25);(H,6,7). The van der Waals surface area contributed by atoms with E-state index in [2.05, 4.69) is 27.0 Å². The lowest BCUT2D eigenvalue weighted by molar-refractivity contribution is -0.192. The number of nitrogens with one attached hydrogen (secondary N) is 1. The quantitative estimate of drug-likeness (QED) is 0.477. The molecule has 0 saturated carbocycles. The third-order valence-electron chi connectivity index (χ3n) is 4.98. The fourth-order valence-electron chi connectivity index (χ4n) is 3.51. The average Bonchev–Trinajstić information content (AvgIpc) is 3.09. The highest BCUT2D eigenvalue weighted by Gasteiger charge is 2.38. The molecule has 0 spiro atoms. The van der Waals surface area contributed by atoms with E-state index < -0.39 is 12.1 Å². The van der Waals surface area contributed by atoms with Gasteiger partial charge in [0, 0.05) is 63.7 Å². The molecule has 0 radical (unpaired) electrons. The number of carboxylic acids is 1. The lowest BCUT2D eigenvalue weighted by Crippen LogP contribution is -2.33. The van der Waals surface area contributed by atoms with Gasteiger partial charge < -0.3 is 19.7 Å². The van der Waals surface area contributed by atoms with Gasteiger partial charge in [0.15, 0.2) is 0 Å². The molecule has 2 N–H and O–H groups in total. The molecule has 1 amide bonds. The molecule has 182 valence electrons. The van der Waals surface area contributed by atoms with Crippen molar-refractivity contribution in [2.24, 2.45) is 5.92 Å². The number of carbonyl (C=O) groups excluding carboxylic acids is 1. The van der Waals surface area contributed by atoms with Crippen LogP contribution >= 0.6 is 0 Å². The third kappa shape index (κ3) is 8.85. The molecular weight excluding hydrogens is 446 g/mol. The largest absolute Gasteiger partial charge is 0.490 e. The second-order valence-electron chi connectivity index (χ2n) is 7.63. The summed E-state index contributed by atoms with van der Waals surface area (Å²) in [4.78, 5) is 23.3. The molecular formula is C22H27F4N3O4. The molecule has 7 nitrogen and oxygen atoms in total. The van der Waals surface area contributed by atoms with Crippen LogP contribution in [0.2, 0.25) is 0 Å². The number of alkyl halides is 3. The monoisotopic (exact) mass is 473 g/mol. The molecule has 3 rings (SSSR count). The number of fused-ring (bicyclic) bond motifs is 1. The minimum absolute atomic E-state index is 0.0356. The zero-order valence-corrected chi connectivity index (χ0v) is 18.1. The highest BCUT2D eigenvalue weighted by molar-refractivity contribution is 5.76. The Hall–Kier alpha value is -2.92. The maximum atomic E-state index is 14.1. The van der Waals surface area contributed by atoms with Crippen LogP contribution in [-0.2, 0) is 34.0 Å². The molecule has 0 bridgehead atoms. The predicted molar refractivity (Wildman–Crippen MR) is 112 cm³/mol. The van der Waals surface area contributed by atoms with Crippen LogP contribution in [0.4, 0.5) is 17.6 Å². The first-order valence-electron chi connectivity index (χ1n) is 10.3. The Labute approximate surface area is 188 Å². The number of halogens is 4. The zero-order chi connectivity index (χ0) is 24.4. The lowest BCUT2D eigenvalue weighted by Gasteiger charge is -2.24. The summed E-state index contributed by atoms with van der Waals surface area (Å²) in [6.45, 7) is 3.89. The molecule has 1 unspecified atom stereocenters. The number of carbonyl (C=O) groups is 2. The van der Waals surface area contributed by atoms with Gasteiger partial charge in [-0.2, -0.15) is 13.2 Å². The number of nitrogens with zero attached hydrogens (tertiary/aromatic N) is 2. The van der Waals surface area contributed by atoms with Crippen LogP contribution in [0.5, 0.6) is 0 Å². The van der Waals surface area contributed by atoms with Crippen molar-refractivity contribution in [3.05, 3.63) is 59.7 Å². The summed E-state index contributed by atoms with van der Waals surface area (Å²) in [6.07, 6.45) is -2.58. The molecule has 1 aromatic heterocycles. The second kappa shape index (κ2) is 12.4. The molecule has 1 aromatic carbocycles. The first-order chi connectivity index (χ1) is 15.6. The number of rotatable bonds is 7. The Morgan fingerprint density at radius 2 is 1.88 bits per heavy atom. The highest BCUT2D eigenvalue weighted by atomic mass is 19.4. The van der Waals surface area contributed by atoms with Gasteiger partial charge in [-0.05, 0) is 24.1 Å². The van der Waals surface area contributed by atoms with Gasteiger partial charge in [0.1, 0.15) is 5.82 Å². The number of ether oxygens (including phenoxy) is 1. The minimum atomic E-state index is -5.08. The van der Waals surface area contributed by atoms with E-state index in [1.54, 1.807) is 13.2 Å². The molecule has 1 aliphatic heterocycles. The van der Waals surface area contributed by atoms with Crippen molar-refractivity contribution >= 4 is 11.9 Å². The number of benzene rings is 1. The van der Waals surface area contributed by atoms with Crippen molar-refractivity contribution in [3.63, 3.8) is 0 Å². The van der Waals surface area contributed by atoms with Crippen LogP contribution in [0, 0.1) is 11.7 Å². The summed E-state index contributed by atoms with van der Waals surface area (Å²) in [7, 11) is 1.62. The van der Waals surface area contributed by atoms with E-state index in [9.17, 15) is 22.4 Å². The van der Waals surface area contributed by atoms with E-state index in [0.717, 1.165) is 19.6 Å². The van der Waals surface area contributed by atoms with Crippen LogP contribution in [-0.4, -0.2) is 59.4 Å². The molecule has 0 aliphatic carbocycles. The number of aromatic nitrogens is 1. The van der Waals surface area contributed by atoms with E-state index in [1.165, 1.54) is 11.8 Å². The molecule has 0 fully saturated rings. The second-order valence-corrected chi connectivity index (χ2v) is 7.63. The van der Waals surface area contributed by atoms with Gasteiger partial charge in [0.25, 0.3) is 0 Å². The Balaban J connectivity index is 0.000000479. The number of hydrogen-bond acceptors (Lipinski definition) is 4. The third-order valence-corrected chi connectivity index (χ3v) is 4.98. The van der Waals surface area contributed by atoms with E-state index in [4.69, 9.17) is 14.6 Å². The van der Waals surface area contributed by atoms with E-state index in [-0.39, 0.29) is 17.6 Å². The van der Waals surface area contributed by atoms with Gasteiger partial charge in [0.2, 0.25) is 5.91 Å². The van der Waals surface area contributed by atoms with E-state index >= 15 is 0 Å². The minimum Gasteiger partial charge on any atom is -0.475 e. The van der Waals surface area contributed by atoms with Crippen molar-refractivity contribution in [3.8, 4) is 0 Å². The van der Waals surface area contributed by atoms with Crippen molar-refractivity contribution in [2.75, 3.05) is 26.8 Å². The van der Waals surface area contributed by atoms with Crippen LogP contribution in [0.1, 0.15) is 17.7 Å².